The van der Waals surface area contributed by atoms with Crippen molar-refractivity contribution >= 4 is 23.7 Å². The van der Waals surface area contributed by atoms with Crippen molar-refractivity contribution in [3.05, 3.63) is 0 Å². The highest BCUT2D eigenvalue weighted by Gasteiger charge is 2.18. The predicted molar refractivity (Wildman–Crippen MR) is 80.5 cm³/mol. The summed E-state index contributed by atoms with van der Waals surface area (Å²) in [5, 5.41) is 1.42. The first kappa shape index (κ1) is 14.4. The van der Waals surface area contributed by atoms with Crippen molar-refractivity contribution in [3.63, 3.8) is 0 Å². The molecule has 1 saturated carbocycles. The molecule has 0 spiro atoms. The van der Waals surface area contributed by atoms with Gasteiger partial charge in [-0.15, -0.1) is 0 Å². The summed E-state index contributed by atoms with van der Waals surface area (Å²) in [5.41, 5.74) is 5.81. The summed E-state index contributed by atoms with van der Waals surface area (Å²) in [5.74, 6) is 1.03. The molecule has 5 nitrogen and oxygen atoms in total. The Morgan fingerprint density at radius 1 is 1.11 bits per heavy atom. The molecule has 0 radical (unpaired) electrons. The zero-order valence-corrected chi connectivity index (χ0v) is 12.6. The van der Waals surface area contributed by atoms with E-state index >= 15 is 0 Å². The minimum Gasteiger partial charge on any atom is -0.368 e. The minimum atomic E-state index is 0.329. The van der Waals surface area contributed by atoms with E-state index in [1.54, 1.807) is 11.8 Å². The van der Waals surface area contributed by atoms with E-state index in [2.05, 4.69) is 33.7 Å². The fraction of sp³-hybridized carbons (Fsp3) is 0.769. The molecule has 0 unspecified atom stereocenters. The summed E-state index contributed by atoms with van der Waals surface area (Å²) < 4.78 is 0. The molecule has 0 saturated heterocycles. The predicted octanol–water partition coefficient (Wildman–Crippen LogP) is 2.72. The summed E-state index contributed by atoms with van der Waals surface area (Å²) in [6.45, 7) is 5.95. The van der Waals surface area contributed by atoms with Crippen molar-refractivity contribution in [1.82, 2.24) is 15.0 Å². The number of rotatable bonds is 5. The van der Waals surface area contributed by atoms with Gasteiger partial charge in [0, 0.05) is 18.3 Å². The second-order valence-electron chi connectivity index (χ2n) is 4.83. The monoisotopic (exact) mass is 281 g/mol. The van der Waals surface area contributed by atoms with Gasteiger partial charge in [-0.25, -0.2) is 0 Å². The maximum absolute atomic E-state index is 5.81. The van der Waals surface area contributed by atoms with E-state index in [0.29, 0.717) is 17.1 Å². The normalized spacial score (nSPS) is 16.5. The van der Waals surface area contributed by atoms with E-state index in [4.69, 9.17) is 5.73 Å². The molecule has 6 heteroatoms. The molecule has 0 aliphatic heterocycles. The standard InChI is InChI=1S/C13H23N5S/c1-3-18(4-2)12-15-11(14)16-13(17-12)19-10-8-6-5-7-9-10/h10H,3-9H2,1-2H3,(H2,14,15,16,17). The van der Waals surface area contributed by atoms with Gasteiger partial charge in [0.2, 0.25) is 11.9 Å². The van der Waals surface area contributed by atoms with Gasteiger partial charge < -0.3 is 10.6 Å². The molecule has 106 valence electrons. The van der Waals surface area contributed by atoms with Gasteiger partial charge >= 0.3 is 0 Å². The van der Waals surface area contributed by atoms with Crippen molar-refractivity contribution in [2.45, 2.75) is 56.4 Å². The molecule has 2 rings (SSSR count). The van der Waals surface area contributed by atoms with Crippen molar-refractivity contribution < 1.29 is 0 Å². The Bertz CT molecular complexity index is 402. The summed E-state index contributed by atoms with van der Waals surface area (Å²) >= 11 is 1.76. The smallest absolute Gasteiger partial charge is 0.231 e. The Labute approximate surface area is 119 Å². The average molecular weight is 281 g/mol. The quantitative estimate of drug-likeness (QED) is 0.895. The van der Waals surface area contributed by atoms with Crippen LogP contribution >= 0.6 is 11.8 Å². The van der Waals surface area contributed by atoms with Crippen LogP contribution in [-0.2, 0) is 0 Å². The first-order chi connectivity index (χ1) is 9.22. The molecular weight excluding hydrogens is 258 g/mol. The first-order valence-corrected chi connectivity index (χ1v) is 8.04. The highest BCUT2D eigenvalue weighted by molar-refractivity contribution is 7.99. The first-order valence-electron chi connectivity index (χ1n) is 7.16. The van der Waals surface area contributed by atoms with E-state index in [1.807, 2.05) is 0 Å². The largest absolute Gasteiger partial charge is 0.368 e. The lowest BCUT2D eigenvalue weighted by Gasteiger charge is -2.22. The van der Waals surface area contributed by atoms with Crippen LogP contribution in [0, 0.1) is 0 Å². The second-order valence-corrected chi connectivity index (χ2v) is 6.09. The number of thioether (sulfide) groups is 1. The molecule has 0 bridgehead atoms. The molecule has 1 aromatic heterocycles. The summed E-state index contributed by atoms with van der Waals surface area (Å²) in [4.78, 5) is 15.2. The highest BCUT2D eigenvalue weighted by Crippen LogP contribution is 2.32. The van der Waals surface area contributed by atoms with Crippen LogP contribution in [0.3, 0.4) is 0 Å². The number of nitrogens with zero attached hydrogens (tertiary/aromatic N) is 4. The van der Waals surface area contributed by atoms with Gasteiger partial charge in [-0.3, -0.25) is 0 Å². The van der Waals surface area contributed by atoms with Crippen molar-refractivity contribution in [2.24, 2.45) is 0 Å². The fourth-order valence-corrected chi connectivity index (χ4v) is 3.54. The lowest BCUT2D eigenvalue weighted by molar-refractivity contribution is 0.515. The number of aromatic nitrogens is 3. The Kier molecular flexibility index (Phi) is 5.24. The van der Waals surface area contributed by atoms with Gasteiger partial charge in [-0.2, -0.15) is 15.0 Å². The van der Waals surface area contributed by atoms with Gasteiger partial charge in [-0.1, -0.05) is 31.0 Å². The van der Waals surface area contributed by atoms with E-state index in [0.717, 1.165) is 18.2 Å². The Balaban J connectivity index is 2.11. The summed E-state index contributed by atoms with van der Waals surface area (Å²) in [6.07, 6.45) is 6.52. The van der Waals surface area contributed by atoms with Gasteiger partial charge in [0.25, 0.3) is 0 Å². The molecule has 1 aromatic rings. The van der Waals surface area contributed by atoms with E-state index in [9.17, 15) is 0 Å². The topological polar surface area (TPSA) is 67.9 Å². The zero-order valence-electron chi connectivity index (χ0n) is 11.8. The van der Waals surface area contributed by atoms with E-state index in [1.165, 1.54) is 32.1 Å². The van der Waals surface area contributed by atoms with Gasteiger partial charge in [0.15, 0.2) is 5.16 Å². The Morgan fingerprint density at radius 3 is 2.42 bits per heavy atom. The highest BCUT2D eigenvalue weighted by atomic mass is 32.2. The fourth-order valence-electron chi connectivity index (χ4n) is 2.39. The molecule has 1 aliphatic carbocycles. The van der Waals surface area contributed by atoms with Gasteiger partial charge in [-0.05, 0) is 26.7 Å². The van der Waals surface area contributed by atoms with Gasteiger partial charge in [0.05, 0.1) is 0 Å². The Morgan fingerprint density at radius 2 is 1.79 bits per heavy atom. The molecule has 19 heavy (non-hydrogen) atoms. The number of nitrogen functional groups attached to an aromatic ring is 1. The number of nitrogens with two attached hydrogens (primary N) is 1. The minimum absolute atomic E-state index is 0.329. The number of anilines is 2. The molecule has 1 fully saturated rings. The molecule has 0 atom stereocenters. The molecule has 2 N–H and O–H groups in total. The summed E-state index contributed by atoms with van der Waals surface area (Å²) in [6, 6.07) is 0. The van der Waals surface area contributed by atoms with E-state index < -0.39 is 0 Å². The number of hydrogen-bond donors (Lipinski definition) is 1. The molecule has 0 amide bonds. The van der Waals surface area contributed by atoms with Crippen LogP contribution in [0.25, 0.3) is 0 Å². The van der Waals surface area contributed by atoms with Crippen LogP contribution in [0.2, 0.25) is 0 Å². The van der Waals surface area contributed by atoms with Crippen LogP contribution in [0.15, 0.2) is 5.16 Å². The van der Waals surface area contributed by atoms with Crippen molar-refractivity contribution in [3.8, 4) is 0 Å². The second kappa shape index (κ2) is 6.93. The van der Waals surface area contributed by atoms with Crippen molar-refractivity contribution in [2.75, 3.05) is 23.7 Å². The molecule has 0 aromatic carbocycles. The lowest BCUT2D eigenvalue weighted by Crippen LogP contribution is -2.25. The third-order valence-corrected chi connectivity index (χ3v) is 4.69. The van der Waals surface area contributed by atoms with Crippen LogP contribution < -0.4 is 10.6 Å². The molecular formula is C13H23N5S. The number of hydrogen-bond acceptors (Lipinski definition) is 6. The molecule has 1 heterocycles. The maximum Gasteiger partial charge on any atom is 0.231 e. The average Bonchev–Trinajstić information content (AvgIpc) is 2.40. The third kappa shape index (κ3) is 3.96. The van der Waals surface area contributed by atoms with Crippen LogP contribution in [0.4, 0.5) is 11.9 Å². The van der Waals surface area contributed by atoms with E-state index in [-0.39, 0.29) is 0 Å². The zero-order chi connectivity index (χ0) is 13.7. The maximum atomic E-state index is 5.81. The van der Waals surface area contributed by atoms with Crippen molar-refractivity contribution in [1.29, 1.82) is 0 Å². The van der Waals surface area contributed by atoms with Crippen LogP contribution in [0.1, 0.15) is 46.0 Å². The Hall–Kier alpha value is -1.04. The van der Waals surface area contributed by atoms with Crippen LogP contribution in [0.5, 0.6) is 0 Å². The lowest BCUT2D eigenvalue weighted by atomic mass is 10.0. The summed E-state index contributed by atoms with van der Waals surface area (Å²) in [7, 11) is 0. The van der Waals surface area contributed by atoms with Crippen LogP contribution in [-0.4, -0.2) is 33.3 Å². The third-order valence-electron chi connectivity index (χ3n) is 3.49. The molecule has 1 aliphatic rings. The SMILES string of the molecule is CCN(CC)c1nc(N)nc(SC2CCCCC2)n1. The van der Waals surface area contributed by atoms with Gasteiger partial charge in [0.1, 0.15) is 0 Å².